The minimum absolute atomic E-state index is 0.155. The monoisotopic (exact) mass is 365 g/mol. The van der Waals surface area contributed by atoms with Crippen molar-refractivity contribution in [3.63, 3.8) is 0 Å². The Morgan fingerprint density at radius 2 is 2.11 bits per heavy atom. The van der Waals surface area contributed by atoms with Gasteiger partial charge < -0.3 is 24.1 Å². The number of anilines is 2. The topological polar surface area (TPSA) is 76.8 Å². The summed E-state index contributed by atoms with van der Waals surface area (Å²) >= 11 is 0. The first-order chi connectivity index (χ1) is 13.3. The van der Waals surface area contributed by atoms with Gasteiger partial charge in [0, 0.05) is 24.2 Å². The number of benzene rings is 2. The number of rotatable bonds is 3. The van der Waals surface area contributed by atoms with E-state index in [1.165, 1.54) is 0 Å². The predicted molar refractivity (Wildman–Crippen MR) is 100 cm³/mol. The van der Waals surface area contributed by atoms with Crippen molar-refractivity contribution in [1.29, 1.82) is 0 Å². The average Bonchev–Trinajstić information content (AvgIpc) is 3.34. The lowest BCUT2D eigenvalue weighted by molar-refractivity contribution is 0.102. The maximum atomic E-state index is 12.6. The van der Waals surface area contributed by atoms with Crippen molar-refractivity contribution >= 4 is 28.7 Å². The third-order valence-electron chi connectivity index (χ3n) is 4.82. The van der Waals surface area contributed by atoms with Crippen molar-refractivity contribution in [1.82, 2.24) is 4.98 Å². The molecule has 1 fully saturated rings. The first kappa shape index (κ1) is 16.1. The molecule has 7 heteroatoms. The summed E-state index contributed by atoms with van der Waals surface area (Å²) in [6.45, 7) is 2.78. The standard InChI is InChI=1S/C20H19N3O4/c24-19(14-2-4-17-13(10-14)6-9-26-17)21-15-3-5-18-16(11-15)22-20(27-18)23-7-1-8-25-12-23/h2-5,10-11H,1,6-9,12H2,(H,21,24). The van der Waals surface area contributed by atoms with Gasteiger partial charge in [0.1, 0.15) is 18.0 Å². The Balaban J connectivity index is 1.36. The maximum Gasteiger partial charge on any atom is 0.300 e. The van der Waals surface area contributed by atoms with E-state index in [1.807, 2.05) is 35.2 Å². The van der Waals surface area contributed by atoms with Gasteiger partial charge in [-0.25, -0.2) is 0 Å². The first-order valence-electron chi connectivity index (χ1n) is 9.07. The van der Waals surface area contributed by atoms with Gasteiger partial charge in [0.25, 0.3) is 11.9 Å². The molecule has 3 aromatic rings. The highest BCUT2D eigenvalue weighted by atomic mass is 16.5. The van der Waals surface area contributed by atoms with Crippen molar-refractivity contribution in [2.75, 3.05) is 36.7 Å². The summed E-state index contributed by atoms with van der Waals surface area (Å²) in [5, 5.41) is 2.93. The second kappa shape index (κ2) is 6.59. The maximum absolute atomic E-state index is 12.6. The van der Waals surface area contributed by atoms with E-state index in [0.717, 1.165) is 37.3 Å². The molecule has 0 aliphatic carbocycles. The molecule has 27 heavy (non-hydrogen) atoms. The van der Waals surface area contributed by atoms with Gasteiger partial charge in [-0.05, 0) is 48.4 Å². The number of hydrogen-bond acceptors (Lipinski definition) is 6. The number of amides is 1. The second-order valence-electron chi connectivity index (χ2n) is 6.71. The molecule has 0 radical (unpaired) electrons. The molecule has 5 rings (SSSR count). The first-order valence-corrected chi connectivity index (χ1v) is 9.07. The number of fused-ring (bicyclic) bond motifs is 2. The minimum atomic E-state index is -0.155. The van der Waals surface area contributed by atoms with Crippen LogP contribution in [0.5, 0.6) is 5.75 Å². The number of oxazole rings is 1. The van der Waals surface area contributed by atoms with Gasteiger partial charge in [0.05, 0.1) is 13.2 Å². The summed E-state index contributed by atoms with van der Waals surface area (Å²) in [4.78, 5) is 19.1. The molecule has 0 bridgehead atoms. The molecule has 1 aromatic heterocycles. The number of nitrogens with one attached hydrogen (secondary N) is 1. The highest BCUT2D eigenvalue weighted by molar-refractivity contribution is 6.05. The Bertz CT molecular complexity index is 1010. The van der Waals surface area contributed by atoms with Gasteiger partial charge in [-0.15, -0.1) is 0 Å². The fraction of sp³-hybridized carbons (Fsp3) is 0.300. The van der Waals surface area contributed by atoms with E-state index < -0.39 is 0 Å². The van der Waals surface area contributed by atoms with Crippen molar-refractivity contribution < 1.29 is 18.7 Å². The van der Waals surface area contributed by atoms with Crippen LogP contribution in [-0.2, 0) is 11.2 Å². The largest absolute Gasteiger partial charge is 0.493 e. The van der Waals surface area contributed by atoms with E-state index >= 15 is 0 Å². The average molecular weight is 365 g/mol. The fourth-order valence-electron chi connectivity index (χ4n) is 3.41. The van der Waals surface area contributed by atoms with Crippen LogP contribution in [-0.4, -0.2) is 37.4 Å². The molecule has 1 saturated heterocycles. The quantitative estimate of drug-likeness (QED) is 0.768. The van der Waals surface area contributed by atoms with Gasteiger partial charge in [0.15, 0.2) is 5.58 Å². The smallest absolute Gasteiger partial charge is 0.300 e. The van der Waals surface area contributed by atoms with Crippen molar-refractivity contribution in [2.45, 2.75) is 12.8 Å². The van der Waals surface area contributed by atoms with Crippen LogP contribution in [0.3, 0.4) is 0 Å². The fourth-order valence-corrected chi connectivity index (χ4v) is 3.41. The second-order valence-corrected chi connectivity index (χ2v) is 6.71. The molecule has 2 aliphatic heterocycles. The number of aromatic nitrogens is 1. The molecule has 3 heterocycles. The molecule has 7 nitrogen and oxygen atoms in total. The van der Waals surface area contributed by atoms with Crippen molar-refractivity contribution in [3.8, 4) is 5.75 Å². The Hall–Kier alpha value is -3.06. The number of ether oxygens (including phenoxy) is 2. The van der Waals surface area contributed by atoms with Gasteiger partial charge in [-0.2, -0.15) is 4.98 Å². The summed E-state index contributed by atoms with van der Waals surface area (Å²) in [6, 6.07) is 11.5. The van der Waals surface area contributed by atoms with Gasteiger partial charge in [-0.1, -0.05) is 0 Å². The zero-order valence-electron chi connectivity index (χ0n) is 14.7. The molecule has 1 amide bonds. The molecular formula is C20H19N3O4. The zero-order valence-corrected chi connectivity index (χ0v) is 14.7. The van der Waals surface area contributed by atoms with Gasteiger partial charge in [0.2, 0.25) is 0 Å². The summed E-state index contributed by atoms with van der Waals surface area (Å²) in [6.07, 6.45) is 1.79. The third-order valence-corrected chi connectivity index (χ3v) is 4.82. The Morgan fingerprint density at radius 1 is 1.15 bits per heavy atom. The van der Waals surface area contributed by atoms with Crippen LogP contribution in [0.15, 0.2) is 40.8 Å². The Morgan fingerprint density at radius 3 is 3.00 bits per heavy atom. The summed E-state index contributed by atoms with van der Waals surface area (Å²) in [7, 11) is 0. The van der Waals surface area contributed by atoms with E-state index in [9.17, 15) is 4.79 Å². The van der Waals surface area contributed by atoms with Gasteiger partial charge in [-0.3, -0.25) is 4.79 Å². The number of carbonyl (C=O) groups excluding carboxylic acids is 1. The predicted octanol–water partition coefficient (Wildman–Crippen LogP) is 3.20. The highest BCUT2D eigenvalue weighted by Gasteiger charge is 2.18. The van der Waals surface area contributed by atoms with Gasteiger partial charge >= 0.3 is 0 Å². The van der Waals surface area contributed by atoms with Crippen LogP contribution < -0.4 is 15.0 Å². The van der Waals surface area contributed by atoms with Crippen molar-refractivity contribution in [2.24, 2.45) is 0 Å². The number of nitrogens with zero attached hydrogens (tertiary/aromatic N) is 2. The molecule has 0 spiro atoms. The lowest BCUT2D eigenvalue weighted by atomic mass is 10.1. The molecule has 0 saturated carbocycles. The van der Waals surface area contributed by atoms with E-state index in [1.54, 1.807) is 6.07 Å². The molecule has 0 unspecified atom stereocenters. The van der Waals surface area contributed by atoms with Crippen LogP contribution in [0, 0.1) is 0 Å². The SMILES string of the molecule is O=C(Nc1ccc2oc(N3CCCOC3)nc2c1)c1ccc2c(c1)CCO2. The van der Waals surface area contributed by atoms with Crippen LogP contribution >= 0.6 is 0 Å². The molecule has 138 valence electrons. The van der Waals surface area contributed by atoms with Crippen molar-refractivity contribution in [3.05, 3.63) is 47.5 Å². The highest BCUT2D eigenvalue weighted by Crippen LogP contribution is 2.28. The zero-order chi connectivity index (χ0) is 18.2. The summed E-state index contributed by atoms with van der Waals surface area (Å²) in [5.74, 6) is 0.710. The third kappa shape index (κ3) is 3.10. The molecule has 2 aromatic carbocycles. The molecule has 0 atom stereocenters. The van der Waals surface area contributed by atoms with E-state index in [-0.39, 0.29) is 5.91 Å². The van der Waals surface area contributed by atoms with Crippen LogP contribution in [0.2, 0.25) is 0 Å². The lowest BCUT2D eigenvalue weighted by Gasteiger charge is -2.24. The number of carbonyl (C=O) groups is 1. The van der Waals surface area contributed by atoms with E-state index in [4.69, 9.17) is 13.9 Å². The lowest BCUT2D eigenvalue weighted by Crippen LogP contribution is -2.33. The molecule has 2 aliphatic rings. The van der Waals surface area contributed by atoms with E-state index in [0.29, 0.717) is 41.7 Å². The Kier molecular flexibility index (Phi) is 3.94. The molecule has 1 N–H and O–H groups in total. The van der Waals surface area contributed by atoms with Crippen LogP contribution in [0.1, 0.15) is 22.3 Å². The summed E-state index contributed by atoms with van der Waals surface area (Å²) < 4.78 is 16.7. The van der Waals surface area contributed by atoms with E-state index in [2.05, 4.69) is 10.3 Å². The van der Waals surface area contributed by atoms with Crippen LogP contribution in [0.25, 0.3) is 11.1 Å². The minimum Gasteiger partial charge on any atom is -0.493 e. The normalized spacial score (nSPS) is 16.2. The number of hydrogen-bond donors (Lipinski definition) is 1. The van der Waals surface area contributed by atoms with Crippen LogP contribution in [0.4, 0.5) is 11.7 Å². The Labute approximate surface area is 155 Å². The molecular weight excluding hydrogens is 346 g/mol. The summed E-state index contributed by atoms with van der Waals surface area (Å²) in [5.41, 5.74) is 3.76.